The first kappa shape index (κ1) is 21.4. The Morgan fingerprint density at radius 1 is 1.00 bits per heavy atom. The standard InChI is InChI=1S/C26H26N2O4/c1-3-31-21-12-14-22(15-13-21)32-24-7-5-4-6-23(24)27-26(30)19-16-25(29)28(17-19)20-10-8-18(2)9-11-20/h4-15,19H,3,16-17H2,1-2H3,(H,27,30). The van der Waals surface area contributed by atoms with Gasteiger partial charge in [0, 0.05) is 18.7 Å². The molecule has 1 aliphatic rings. The van der Waals surface area contributed by atoms with Crippen molar-refractivity contribution in [1.29, 1.82) is 0 Å². The largest absolute Gasteiger partial charge is 0.494 e. The Hall–Kier alpha value is -3.80. The summed E-state index contributed by atoms with van der Waals surface area (Å²) in [4.78, 5) is 27.1. The van der Waals surface area contributed by atoms with Gasteiger partial charge in [0.15, 0.2) is 5.75 Å². The molecule has 1 aliphatic heterocycles. The molecule has 4 rings (SSSR count). The lowest BCUT2D eigenvalue weighted by Crippen LogP contribution is -2.28. The molecule has 1 N–H and O–H groups in total. The van der Waals surface area contributed by atoms with Gasteiger partial charge in [-0.25, -0.2) is 0 Å². The van der Waals surface area contributed by atoms with Gasteiger partial charge in [-0.15, -0.1) is 0 Å². The summed E-state index contributed by atoms with van der Waals surface area (Å²) in [6.45, 7) is 4.88. The summed E-state index contributed by atoms with van der Waals surface area (Å²) < 4.78 is 11.4. The van der Waals surface area contributed by atoms with Gasteiger partial charge in [0.1, 0.15) is 11.5 Å². The van der Waals surface area contributed by atoms with Crippen LogP contribution in [0.2, 0.25) is 0 Å². The van der Waals surface area contributed by atoms with E-state index in [1.165, 1.54) is 0 Å². The van der Waals surface area contributed by atoms with Gasteiger partial charge >= 0.3 is 0 Å². The first-order valence-corrected chi connectivity index (χ1v) is 10.7. The van der Waals surface area contributed by atoms with Crippen molar-refractivity contribution in [3.05, 3.63) is 78.4 Å². The van der Waals surface area contributed by atoms with E-state index in [1.54, 1.807) is 17.0 Å². The zero-order valence-electron chi connectivity index (χ0n) is 18.2. The van der Waals surface area contributed by atoms with Gasteiger partial charge in [0.2, 0.25) is 11.8 Å². The van der Waals surface area contributed by atoms with Crippen LogP contribution in [0.3, 0.4) is 0 Å². The molecule has 6 nitrogen and oxygen atoms in total. The summed E-state index contributed by atoms with van der Waals surface area (Å²) in [5, 5.41) is 2.94. The monoisotopic (exact) mass is 430 g/mol. The van der Waals surface area contributed by atoms with E-state index in [4.69, 9.17) is 9.47 Å². The van der Waals surface area contributed by atoms with Gasteiger partial charge in [-0.2, -0.15) is 0 Å². The third kappa shape index (κ3) is 4.91. The van der Waals surface area contributed by atoms with Crippen molar-refractivity contribution in [2.75, 3.05) is 23.4 Å². The van der Waals surface area contributed by atoms with Crippen LogP contribution in [-0.2, 0) is 9.59 Å². The molecule has 32 heavy (non-hydrogen) atoms. The van der Waals surface area contributed by atoms with Crippen LogP contribution in [0.4, 0.5) is 11.4 Å². The van der Waals surface area contributed by atoms with E-state index in [-0.39, 0.29) is 18.2 Å². The molecule has 3 aromatic rings. The molecule has 0 aliphatic carbocycles. The highest BCUT2D eigenvalue weighted by Crippen LogP contribution is 2.32. The fraction of sp³-hybridized carbons (Fsp3) is 0.231. The molecule has 0 saturated carbocycles. The number of amides is 2. The number of para-hydroxylation sites is 2. The maximum atomic E-state index is 13.0. The van der Waals surface area contributed by atoms with Gasteiger partial charge < -0.3 is 19.7 Å². The number of nitrogens with zero attached hydrogens (tertiary/aromatic N) is 1. The van der Waals surface area contributed by atoms with Crippen LogP contribution in [0.15, 0.2) is 72.8 Å². The lowest BCUT2D eigenvalue weighted by Gasteiger charge is -2.17. The average Bonchev–Trinajstić information content (AvgIpc) is 3.19. The molecule has 1 heterocycles. The van der Waals surface area contributed by atoms with Crippen molar-refractivity contribution in [1.82, 2.24) is 0 Å². The van der Waals surface area contributed by atoms with E-state index in [1.807, 2.05) is 74.5 Å². The van der Waals surface area contributed by atoms with Crippen molar-refractivity contribution < 1.29 is 19.1 Å². The Bertz CT molecular complexity index is 1090. The molecule has 1 fully saturated rings. The molecule has 1 atom stereocenters. The maximum absolute atomic E-state index is 13.0. The molecule has 0 radical (unpaired) electrons. The first-order chi connectivity index (χ1) is 15.5. The van der Waals surface area contributed by atoms with E-state index in [0.29, 0.717) is 30.3 Å². The summed E-state index contributed by atoms with van der Waals surface area (Å²) in [5.41, 5.74) is 2.50. The third-order valence-electron chi connectivity index (χ3n) is 5.35. The summed E-state index contributed by atoms with van der Waals surface area (Å²) in [6, 6.07) is 22.3. The number of aryl methyl sites for hydroxylation is 1. The molecule has 2 amide bonds. The number of rotatable bonds is 7. The van der Waals surface area contributed by atoms with Crippen molar-refractivity contribution in [2.45, 2.75) is 20.3 Å². The van der Waals surface area contributed by atoms with E-state index in [2.05, 4.69) is 5.32 Å². The van der Waals surface area contributed by atoms with Gasteiger partial charge in [0.05, 0.1) is 18.2 Å². The summed E-state index contributed by atoms with van der Waals surface area (Å²) in [5.74, 6) is 1.26. The summed E-state index contributed by atoms with van der Waals surface area (Å²) in [7, 11) is 0. The smallest absolute Gasteiger partial charge is 0.229 e. The molecule has 0 aromatic heterocycles. The predicted octanol–water partition coefficient (Wildman–Crippen LogP) is 5.18. The highest BCUT2D eigenvalue weighted by molar-refractivity contribution is 6.03. The minimum absolute atomic E-state index is 0.0482. The number of hydrogen-bond donors (Lipinski definition) is 1. The molecule has 6 heteroatoms. The molecule has 164 valence electrons. The van der Waals surface area contributed by atoms with Crippen LogP contribution in [0.5, 0.6) is 17.2 Å². The molecule has 1 unspecified atom stereocenters. The van der Waals surface area contributed by atoms with Gasteiger partial charge in [-0.3, -0.25) is 9.59 Å². The Morgan fingerprint density at radius 3 is 2.41 bits per heavy atom. The van der Waals surface area contributed by atoms with Crippen molar-refractivity contribution in [2.24, 2.45) is 5.92 Å². The molecule has 3 aromatic carbocycles. The van der Waals surface area contributed by atoms with Crippen LogP contribution in [0.25, 0.3) is 0 Å². The van der Waals surface area contributed by atoms with Crippen molar-refractivity contribution >= 4 is 23.2 Å². The number of carbonyl (C=O) groups excluding carboxylic acids is 2. The number of anilines is 2. The second kappa shape index (κ2) is 9.56. The second-order valence-electron chi connectivity index (χ2n) is 7.73. The highest BCUT2D eigenvalue weighted by atomic mass is 16.5. The zero-order chi connectivity index (χ0) is 22.5. The van der Waals surface area contributed by atoms with Crippen LogP contribution < -0.4 is 19.7 Å². The van der Waals surface area contributed by atoms with Crippen LogP contribution in [0, 0.1) is 12.8 Å². The Kier molecular flexibility index (Phi) is 6.40. The van der Waals surface area contributed by atoms with E-state index in [0.717, 1.165) is 17.0 Å². The molecule has 0 spiro atoms. The minimum Gasteiger partial charge on any atom is -0.494 e. The minimum atomic E-state index is -0.428. The number of carbonyl (C=O) groups is 2. The normalized spacial score (nSPS) is 15.5. The Labute approximate surface area is 187 Å². The lowest BCUT2D eigenvalue weighted by atomic mass is 10.1. The number of hydrogen-bond acceptors (Lipinski definition) is 4. The molecular weight excluding hydrogens is 404 g/mol. The predicted molar refractivity (Wildman–Crippen MR) is 124 cm³/mol. The Morgan fingerprint density at radius 2 is 1.69 bits per heavy atom. The molecule has 0 bridgehead atoms. The molecular formula is C26H26N2O4. The third-order valence-corrected chi connectivity index (χ3v) is 5.35. The van der Waals surface area contributed by atoms with Crippen molar-refractivity contribution in [3.63, 3.8) is 0 Å². The lowest BCUT2D eigenvalue weighted by molar-refractivity contribution is -0.122. The number of benzene rings is 3. The molecule has 1 saturated heterocycles. The summed E-state index contributed by atoms with van der Waals surface area (Å²) >= 11 is 0. The topological polar surface area (TPSA) is 67.9 Å². The van der Waals surface area contributed by atoms with Gasteiger partial charge in [-0.1, -0.05) is 29.8 Å². The van der Waals surface area contributed by atoms with Crippen LogP contribution in [0.1, 0.15) is 18.9 Å². The summed E-state index contributed by atoms with van der Waals surface area (Å²) in [6.07, 6.45) is 0.182. The highest BCUT2D eigenvalue weighted by Gasteiger charge is 2.35. The Balaban J connectivity index is 1.43. The second-order valence-corrected chi connectivity index (χ2v) is 7.73. The van der Waals surface area contributed by atoms with E-state index < -0.39 is 5.92 Å². The quantitative estimate of drug-likeness (QED) is 0.561. The van der Waals surface area contributed by atoms with E-state index in [9.17, 15) is 9.59 Å². The van der Waals surface area contributed by atoms with Crippen molar-refractivity contribution in [3.8, 4) is 17.2 Å². The average molecular weight is 431 g/mol. The van der Waals surface area contributed by atoms with Crippen LogP contribution >= 0.6 is 0 Å². The fourth-order valence-corrected chi connectivity index (χ4v) is 3.65. The zero-order valence-corrected chi connectivity index (χ0v) is 18.2. The van der Waals surface area contributed by atoms with E-state index >= 15 is 0 Å². The van der Waals surface area contributed by atoms with Gasteiger partial charge in [-0.05, 0) is 62.4 Å². The van der Waals surface area contributed by atoms with Crippen LogP contribution in [-0.4, -0.2) is 25.0 Å². The fourth-order valence-electron chi connectivity index (χ4n) is 3.65. The van der Waals surface area contributed by atoms with Gasteiger partial charge in [0.25, 0.3) is 0 Å². The number of ether oxygens (including phenoxy) is 2. The SMILES string of the molecule is CCOc1ccc(Oc2ccccc2NC(=O)C2CC(=O)N(c3ccc(C)cc3)C2)cc1. The first-order valence-electron chi connectivity index (χ1n) is 10.7. The maximum Gasteiger partial charge on any atom is 0.229 e. The number of nitrogens with one attached hydrogen (secondary N) is 1.